The molecule has 23 heavy (non-hydrogen) atoms. The van der Waals surface area contributed by atoms with Crippen LogP contribution in [0, 0.1) is 16.0 Å². The fourth-order valence-corrected chi connectivity index (χ4v) is 2.31. The van der Waals surface area contributed by atoms with Crippen molar-refractivity contribution in [3.63, 3.8) is 0 Å². The Bertz CT molecular complexity index is 601. The molecule has 1 aliphatic rings. The number of carbonyl (C=O) groups is 1. The molecule has 1 amide bonds. The molecule has 0 radical (unpaired) electrons. The SMILES string of the molecule is CCOc1cc(C(=O)NCC(N)C2CC2)c([N+](=O)[O-])cc1OC. The number of nitrogens with one attached hydrogen (secondary N) is 1. The predicted molar refractivity (Wildman–Crippen MR) is 83.9 cm³/mol. The minimum atomic E-state index is -0.617. The van der Waals surface area contributed by atoms with Gasteiger partial charge in [-0.15, -0.1) is 0 Å². The lowest BCUT2D eigenvalue weighted by atomic mass is 10.1. The monoisotopic (exact) mass is 323 g/mol. The summed E-state index contributed by atoms with van der Waals surface area (Å²) in [5.41, 5.74) is 5.54. The minimum absolute atomic E-state index is 0.0674. The van der Waals surface area contributed by atoms with Crippen LogP contribution in [0.1, 0.15) is 30.1 Å². The van der Waals surface area contributed by atoms with E-state index in [1.54, 1.807) is 6.92 Å². The molecular formula is C15H21N3O5. The summed E-state index contributed by atoms with van der Waals surface area (Å²) < 4.78 is 10.5. The van der Waals surface area contributed by atoms with Crippen LogP contribution < -0.4 is 20.5 Å². The van der Waals surface area contributed by atoms with Gasteiger partial charge in [0.25, 0.3) is 11.6 Å². The summed E-state index contributed by atoms with van der Waals surface area (Å²) in [4.78, 5) is 22.9. The number of ether oxygens (including phenoxy) is 2. The third-order valence-electron chi connectivity index (χ3n) is 3.75. The molecule has 3 N–H and O–H groups in total. The summed E-state index contributed by atoms with van der Waals surface area (Å²) in [7, 11) is 1.38. The van der Waals surface area contributed by atoms with Crippen LogP contribution in [0.25, 0.3) is 0 Å². The van der Waals surface area contributed by atoms with E-state index < -0.39 is 10.8 Å². The largest absolute Gasteiger partial charge is 0.493 e. The molecule has 1 aromatic rings. The Labute approximate surface area is 134 Å². The van der Waals surface area contributed by atoms with Gasteiger partial charge in [0, 0.05) is 18.7 Å². The topological polar surface area (TPSA) is 117 Å². The van der Waals surface area contributed by atoms with Crippen molar-refractivity contribution in [1.29, 1.82) is 0 Å². The molecule has 0 bridgehead atoms. The number of amides is 1. The molecule has 2 rings (SSSR count). The van der Waals surface area contributed by atoms with Gasteiger partial charge in [-0.1, -0.05) is 0 Å². The van der Waals surface area contributed by atoms with Crippen LogP contribution in [-0.2, 0) is 0 Å². The van der Waals surface area contributed by atoms with Crippen LogP contribution in [0.15, 0.2) is 12.1 Å². The van der Waals surface area contributed by atoms with Crippen molar-refractivity contribution in [2.45, 2.75) is 25.8 Å². The summed E-state index contributed by atoms with van der Waals surface area (Å²) >= 11 is 0. The third-order valence-corrected chi connectivity index (χ3v) is 3.75. The summed E-state index contributed by atoms with van der Waals surface area (Å²) in [6.45, 7) is 2.41. The highest BCUT2D eigenvalue weighted by atomic mass is 16.6. The van der Waals surface area contributed by atoms with E-state index in [0.717, 1.165) is 12.8 Å². The minimum Gasteiger partial charge on any atom is -0.493 e. The van der Waals surface area contributed by atoms with Gasteiger partial charge >= 0.3 is 0 Å². The zero-order valence-corrected chi connectivity index (χ0v) is 13.2. The van der Waals surface area contributed by atoms with Gasteiger partial charge in [0.1, 0.15) is 5.56 Å². The third kappa shape index (κ3) is 4.10. The van der Waals surface area contributed by atoms with Crippen molar-refractivity contribution in [3.05, 3.63) is 27.8 Å². The van der Waals surface area contributed by atoms with Crippen LogP contribution in [0.2, 0.25) is 0 Å². The maximum Gasteiger partial charge on any atom is 0.286 e. The normalized spacial score (nSPS) is 14.9. The molecule has 0 saturated heterocycles. The van der Waals surface area contributed by atoms with Crippen LogP contribution in [-0.4, -0.2) is 37.1 Å². The number of nitrogens with two attached hydrogens (primary N) is 1. The molecule has 1 saturated carbocycles. The number of hydrogen-bond acceptors (Lipinski definition) is 6. The maximum atomic E-state index is 12.3. The summed E-state index contributed by atoms with van der Waals surface area (Å²) in [5.74, 6) is 0.388. The Kier molecular flexibility index (Phi) is 5.38. The quantitative estimate of drug-likeness (QED) is 0.552. The number of hydrogen-bond donors (Lipinski definition) is 2. The molecule has 0 aromatic heterocycles. The van der Waals surface area contributed by atoms with E-state index in [1.807, 2.05) is 0 Å². The lowest BCUT2D eigenvalue weighted by Gasteiger charge is -2.14. The van der Waals surface area contributed by atoms with Gasteiger partial charge in [-0.3, -0.25) is 14.9 Å². The highest BCUT2D eigenvalue weighted by Gasteiger charge is 2.30. The highest BCUT2D eigenvalue weighted by molar-refractivity contribution is 5.99. The van der Waals surface area contributed by atoms with Gasteiger partial charge in [-0.05, 0) is 25.7 Å². The van der Waals surface area contributed by atoms with Crippen molar-refractivity contribution in [1.82, 2.24) is 5.32 Å². The standard InChI is InChI=1S/C15H21N3O5/c1-3-23-14-6-10(12(18(20)21)7-13(14)22-2)15(19)17-8-11(16)9-4-5-9/h6-7,9,11H,3-5,8,16H2,1-2H3,(H,17,19). The molecule has 1 atom stereocenters. The summed E-state index contributed by atoms with van der Waals surface area (Å²) in [6.07, 6.45) is 2.13. The smallest absolute Gasteiger partial charge is 0.286 e. The summed E-state index contributed by atoms with van der Waals surface area (Å²) in [5, 5.41) is 13.9. The van der Waals surface area contributed by atoms with Crippen LogP contribution in [0.3, 0.4) is 0 Å². The van der Waals surface area contributed by atoms with E-state index in [1.165, 1.54) is 19.2 Å². The number of carbonyl (C=O) groups excluding carboxylic acids is 1. The van der Waals surface area contributed by atoms with Gasteiger partial charge in [-0.25, -0.2) is 0 Å². The molecule has 1 aliphatic carbocycles. The molecule has 0 spiro atoms. The second-order valence-electron chi connectivity index (χ2n) is 5.42. The summed E-state index contributed by atoms with van der Waals surface area (Å²) in [6, 6.07) is 2.40. The molecule has 0 aliphatic heterocycles. The van der Waals surface area contributed by atoms with Gasteiger partial charge in [0.15, 0.2) is 11.5 Å². The number of methoxy groups -OCH3 is 1. The zero-order chi connectivity index (χ0) is 17.0. The Morgan fingerprint density at radius 1 is 1.48 bits per heavy atom. The van der Waals surface area contributed by atoms with Crippen molar-refractivity contribution >= 4 is 11.6 Å². The highest BCUT2D eigenvalue weighted by Crippen LogP contribution is 2.35. The van der Waals surface area contributed by atoms with E-state index in [2.05, 4.69) is 5.32 Å². The first-order valence-corrected chi connectivity index (χ1v) is 7.50. The second kappa shape index (κ2) is 7.28. The van der Waals surface area contributed by atoms with Crippen molar-refractivity contribution in [2.75, 3.05) is 20.3 Å². The first-order chi connectivity index (χ1) is 11.0. The fraction of sp³-hybridized carbons (Fsp3) is 0.533. The molecule has 1 fully saturated rings. The molecule has 0 heterocycles. The molecule has 1 unspecified atom stereocenters. The van der Waals surface area contributed by atoms with E-state index in [-0.39, 0.29) is 35.3 Å². The van der Waals surface area contributed by atoms with E-state index >= 15 is 0 Å². The van der Waals surface area contributed by atoms with Gasteiger partial charge in [-0.2, -0.15) is 0 Å². The van der Waals surface area contributed by atoms with Crippen LogP contribution in [0.4, 0.5) is 5.69 Å². The number of benzene rings is 1. The lowest BCUT2D eigenvalue weighted by Crippen LogP contribution is -2.38. The predicted octanol–water partition coefficient (Wildman–Crippen LogP) is 1.47. The Balaban J connectivity index is 2.24. The average molecular weight is 323 g/mol. The Hall–Kier alpha value is -2.35. The van der Waals surface area contributed by atoms with Crippen molar-refractivity contribution < 1.29 is 19.2 Å². The van der Waals surface area contributed by atoms with Gasteiger partial charge in [0.05, 0.1) is 24.7 Å². The molecule has 126 valence electrons. The lowest BCUT2D eigenvalue weighted by molar-refractivity contribution is -0.385. The van der Waals surface area contributed by atoms with Crippen LogP contribution in [0.5, 0.6) is 11.5 Å². The van der Waals surface area contributed by atoms with Gasteiger partial charge < -0.3 is 20.5 Å². The Morgan fingerprint density at radius 2 is 2.17 bits per heavy atom. The zero-order valence-electron chi connectivity index (χ0n) is 13.2. The number of nitro groups is 1. The Morgan fingerprint density at radius 3 is 2.70 bits per heavy atom. The molecule has 1 aromatic carbocycles. The number of nitro benzene ring substituents is 1. The number of nitrogens with zero attached hydrogens (tertiary/aromatic N) is 1. The van der Waals surface area contributed by atoms with E-state index in [4.69, 9.17) is 15.2 Å². The van der Waals surface area contributed by atoms with Crippen molar-refractivity contribution in [2.24, 2.45) is 11.7 Å². The molecule has 8 heteroatoms. The van der Waals surface area contributed by atoms with E-state index in [9.17, 15) is 14.9 Å². The molecule has 8 nitrogen and oxygen atoms in total. The molecular weight excluding hydrogens is 302 g/mol. The second-order valence-corrected chi connectivity index (χ2v) is 5.42. The van der Waals surface area contributed by atoms with E-state index in [0.29, 0.717) is 12.5 Å². The van der Waals surface area contributed by atoms with Gasteiger partial charge in [0.2, 0.25) is 0 Å². The maximum absolute atomic E-state index is 12.3. The fourth-order valence-electron chi connectivity index (χ4n) is 2.31. The first-order valence-electron chi connectivity index (χ1n) is 7.50. The average Bonchev–Trinajstić information content (AvgIpc) is 3.36. The van der Waals surface area contributed by atoms with Crippen molar-refractivity contribution in [3.8, 4) is 11.5 Å². The van der Waals surface area contributed by atoms with Crippen LogP contribution >= 0.6 is 0 Å². The number of rotatable bonds is 8. The first kappa shape index (κ1) is 17.0.